The molecule has 0 spiro atoms. The van der Waals surface area contributed by atoms with Crippen molar-refractivity contribution in [2.45, 2.75) is 69.1 Å². The first-order valence-corrected chi connectivity index (χ1v) is 9.77. The molecule has 6 heteroatoms. The maximum atomic E-state index is 10.5. The number of hydrogen-bond donors (Lipinski definition) is 2. The predicted octanol–water partition coefficient (Wildman–Crippen LogP) is 2.70. The van der Waals surface area contributed by atoms with Crippen molar-refractivity contribution in [1.82, 2.24) is 0 Å². The van der Waals surface area contributed by atoms with E-state index in [4.69, 9.17) is 18.9 Å². The van der Waals surface area contributed by atoms with Crippen LogP contribution in [0, 0.1) is 0 Å². The van der Waals surface area contributed by atoms with Crippen LogP contribution in [0.1, 0.15) is 44.0 Å². The van der Waals surface area contributed by atoms with Crippen LogP contribution < -0.4 is 0 Å². The van der Waals surface area contributed by atoms with Gasteiger partial charge in [-0.1, -0.05) is 49.2 Å². The van der Waals surface area contributed by atoms with Crippen molar-refractivity contribution < 1.29 is 29.2 Å². The van der Waals surface area contributed by atoms with E-state index < -0.39 is 37.0 Å². The summed E-state index contributed by atoms with van der Waals surface area (Å²) in [6.45, 7) is 4.47. The second kappa shape index (κ2) is 10.3. The molecule has 3 rings (SSSR count). The van der Waals surface area contributed by atoms with E-state index >= 15 is 0 Å². The van der Waals surface area contributed by atoms with E-state index in [1.54, 1.807) is 0 Å². The zero-order valence-electron chi connectivity index (χ0n) is 15.6. The van der Waals surface area contributed by atoms with E-state index in [-0.39, 0.29) is 6.61 Å². The van der Waals surface area contributed by atoms with Crippen LogP contribution in [0.25, 0.3) is 0 Å². The van der Waals surface area contributed by atoms with Gasteiger partial charge in [0, 0.05) is 12.2 Å². The summed E-state index contributed by atoms with van der Waals surface area (Å²) in [5.41, 5.74) is 0.868. The molecule has 2 fully saturated rings. The summed E-state index contributed by atoms with van der Waals surface area (Å²) < 4.78 is 23.1. The Balaban J connectivity index is 1.46. The number of benzene rings is 1. The molecule has 2 heterocycles. The molecule has 2 aliphatic heterocycles. The van der Waals surface area contributed by atoms with Crippen molar-refractivity contribution in [2.75, 3.05) is 13.2 Å². The van der Waals surface area contributed by atoms with Crippen LogP contribution in [-0.2, 0) is 18.9 Å². The minimum atomic E-state index is -1.15. The lowest BCUT2D eigenvalue weighted by Gasteiger charge is -2.46. The summed E-state index contributed by atoms with van der Waals surface area (Å²) in [7, 11) is 0. The third-order valence-electron chi connectivity index (χ3n) is 4.99. The molecule has 0 aromatic heterocycles. The number of hydrogen-bond acceptors (Lipinski definition) is 6. The van der Waals surface area contributed by atoms with Crippen LogP contribution in [-0.4, -0.2) is 54.1 Å². The Morgan fingerprint density at radius 1 is 1.04 bits per heavy atom. The molecule has 0 amide bonds. The lowest BCUT2D eigenvalue weighted by atomic mass is 9.98. The van der Waals surface area contributed by atoms with Gasteiger partial charge in [0.2, 0.25) is 0 Å². The summed E-state index contributed by atoms with van der Waals surface area (Å²) >= 11 is 0. The molecule has 27 heavy (non-hydrogen) atoms. The standard InChI is InChI=1S/C21H30O6/c1-2-3-4-5-6-10-13-24-21-18(23)17(22)19-16(26-21)14-25-20(27-19)15-11-8-7-9-12-15/h2,7-9,11-12,16-23H,1,3-6,10,13-14H2/t16-,17-,18-,19-,20?,21-/m1/s1. The molecule has 0 bridgehead atoms. The van der Waals surface area contributed by atoms with Crippen molar-refractivity contribution in [3.63, 3.8) is 0 Å². The maximum absolute atomic E-state index is 10.5. The van der Waals surface area contributed by atoms with Gasteiger partial charge >= 0.3 is 0 Å². The SMILES string of the molecule is C=CCCCCCCO[C@@H]1O[C@@H]2COC(c3ccccc3)O[C@H]2[C@H](O)[C@H]1O. The third kappa shape index (κ3) is 5.38. The molecule has 1 unspecified atom stereocenters. The highest BCUT2D eigenvalue weighted by molar-refractivity contribution is 5.16. The van der Waals surface area contributed by atoms with Crippen LogP contribution >= 0.6 is 0 Å². The van der Waals surface area contributed by atoms with Crippen molar-refractivity contribution >= 4 is 0 Å². The van der Waals surface area contributed by atoms with E-state index in [1.807, 2.05) is 36.4 Å². The third-order valence-corrected chi connectivity index (χ3v) is 4.99. The van der Waals surface area contributed by atoms with Gasteiger partial charge in [-0.25, -0.2) is 0 Å². The molecule has 0 aliphatic carbocycles. The fourth-order valence-corrected chi connectivity index (χ4v) is 3.44. The number of aliphatic hydroxyl groups is 2. The van der Waals surface area contributed by atoms with Crippen molar-refractivity contribution in [3.8, 4) is 0 Å². The lowest BCUT2D eigenvalue weighted by molar-refractivity contribution is -0.361. The van der Waals surface area contributed by atoms with Crippen molar-refractivity contribution in [2.24, 2.45) is 0 Å². The van der Waals surface area contributed by atoms with Crippen molar-refractivity contribution in [3.05, 3.63) is 48.6 Å². The first-order valence-electron chi connectivity index (χ1n) is 9.77. The Morgan fingerprint density at radius 3 is 2.59 bits per heavy atom. The zero-order valence-corrected chi connectivity index (χ0v) is 15.6. The van der Waals surface area contributed by atoms with E-state index in [0.29, 0.717) is 6.61 Å². The van der Waals surface area contributed by atoms with E-state index in [2.05, 4.69) is 6.58 Å². The zero-order chi connectivity index (χ0) is 19.1. The Kier molecular flexibility index (Phi) is 7.81. The number of aliphatic hydroxyl groups excluding tert-OH is 2. The van der Waals surface area contributed by atoms with Crippen LogP contribution in [0.4, 0.5) is 0 Å². The molecule has 150 valence electrons. The highest BCUT2D eigenvalue weighted by Crippen LogP contribution is 2.34. The minimum Gasteiger partial charge on any atom is -0.387 e. The number of ether oxygens (including phenoxy) is 4. The average molecular weight is 378 g/mol. The van der Waals surface area contributed by atoms with E-state index in [9.17, 15) is 10.2 Å². The van der Waals surface area contributed by atoms with Gasteiger partial charge in [0.25, 0.3) is 0 Å². The van der Waals surface area contributed by atoms with Crippen LogP contribution in [0.2, 0.25) is 0 Å². The van der Waals surface area contributed by atoms with Crippen LogP contribution in [0.15, 0.2) is 43.0 Å². The number of fused-ring (bicyclic) bond motifs is 1. The summed E-state index contributed by atoms with van der Waals surface area (Å²) in [5.74, 6) is 0. The average Bonchev–Trinajstić information content (AvgIpc) is 2.71. The maximum Gasteiger partial charge on any atom is 0.186 e. The summed E-state index contributed by atoms with van der Waals surface area (Å²) in [5, 5.41) is 20.9. The summed E-state index contributed by atoms with van der Waals surface area (Å²) in [4.78, 5) is 0. The van der Waals surface area contributed by atoms with Gasteiger partial charge < -0.3 is 29.2 Å². The second-order valence-corrected chi connectivity index (χ2v) is 7.06. The quantitative estimate of drug-likeness (QED) is 0.508. The van der Waals surface area contributed by atoms with Gasteiger partial charge in [-0.05, 0) is 19.3 Å². The topological polar surface area (TPSA) is 77.4 Å². The second-order valence-electron chi connectivity index (χ2n) is 7.06. The van der Waals surface area contributed by atoms with Gasteiger partial charge in [-0.15, -0.1) is 6.58 Å². The molecule has 2 N–H and O–H groups in total. The lowest BCUT2D eigenvalue weighted by Crippen LogP contribution is -2.62. The first kappa shape index (κ1) is 20.5. The van der Waals surface area contributed by atoms with E-state index in [1.165, 1.54) is 0 Å². The molecule has 2 saturated heterocycles. The fourth-order valence-electron chi connectivity index (χ4n) is 3.44. The molecular weight excluding hydrogens is 348 g/mol. The predicted molar refractivity (Wildman–Crippen MR) is 99.9 cm³/mol. The van der Waals surface area contributed by atoms with E-state index in [0.717, 1.165) is 37.7 Å². The Hall–Kier alpha value is -1.28. The Bertz CT molecular complexity index is 563. The van der Waals surface area contributed by atoms with Gasteiger partial charge in [0.15, 0.2) is 12.6 Å². The number of rotatable bonds is 9. The fraction of sp³-hybridized carbons (Fsp3) is 0.619. The molecule has 0 saturated carbocycles. The molecule has 1 aromatic rings. The number of unbranched alkanes of at least 4 members (excludes halogenated alkanes) is 4. The van der Waals surface area contributed by atoms with Crippen LogP contribution in [0.3, 0.4) is 0 Å². The smallest absolute Gasteiger partial charge is 0.186 e. The molecule has 6 atom stereocenters. The number of allylic oxidation sites excluding steroid dienone is 1. The summed E-state index contributed by atoms with van der Waals surface area (Å²) in [6.07, 6.45) is 2.34. The molecule has 2 aliphatic rings. The van der Waals surface area contributed by atoms with Gasteiger partial charge in [-0.2, -0.15) is 0 Å². The monoisotopic (exact) mass is 378 g/mol. The first-order chi connectivity index (χ1) is 13.2. The Morgan fingerprint density at radius 2 is 1.81 bits per heavy atom. The molecule has 6 nitrogen and oxygen atoms in total. The summed E-state index contributed by atoms with van der Waals surface area (Å²) in [6, 6.07) is 9.52. The molecule has 0 radical (unpaired) electrons. The minimum absolute atomic E-state index is 0.273. The molecule has 1 aromatic carbocycles. The highest BCUT2D eigenvalue weighted by Gasteiger charge is 2.49. The van der Waals surface area contributed by atoms with Gasteiger partial charge in [0.05, 0.1) is 6.61 Å². The van der Waals surface area contributed by atoms with Crippen LogP contribution in [0.5, 0.6) is 0 Å². The highest BCUT2D eigenvalue weighted by atomic mass is 16.8. The Labute approximate surface area is 160 Å². The molecular formula is C21H30O6. The van der Waals surface area contributed by atoms with Gasteiger partial charge in [-0.3, -0.25) is 0 Å². The normalized spacial score (nSPS) is 33.4. The van der Waals surface area contributed by atoms with Gasteiger partial charge in [0.1, 0.15) is 24.4 Å². The largest absolute Gasteiger partial charge is 0.387 e. The van der Waals surface area contributed by atoms with Crippen molar-refractivity contribution in [1.29, 1.82) is 0 Å².